The van der Waals surface area contributed by atoms with Crippen molar-refractivity contribution in [2.75, 3.05) is 0 Å². The molecular formula is C17H15ClFN3O. The van der Waals surface area contributed by atoms with Gasteiger partial charge >= 0.3 is 0 Å². The number of aryl methyl sites for hydroxylation is 1. The van der Waals surface area contributed by atoms with E-state index in [4.69, 9.17) is 17.3 Å². The van der Waals surface area contributed by atoms with Crippen LogP contribution in [0.2, 0.25) is 5.02 Å². The topological polar surface area (TPSA) is 60.9 Å². The van der Waals surface area contributed by atoms with Crippen LogP contribution in [0.5, 0.6) is 0 Å². The van der Waals surface area contributed by atoms with Crippen LogP contribution in [-0.4, -0.2) is 9.55 Å². The SMILES string of the molecule is Cc1ccc2nc([C@H](C)N)n(-c3cccc(F)c3)c(=O)c2c1Cl. The molecule has 2 aromatic carbocycles. The first-order valence-electron chi connectivity index (χ1n) is 7.13. The molecule has 1 atom stereocenters. The van der Waals surface area contributed by atoms with Crippen LogP contribution in [0.4, 0.5) is 4.39 Å². The number of benzene rings is 2. The quantitative estimate of drug-likeness (QED) is 0.781. The van der Waals surface area contributed by atoms with E-state index in [0.717, 1.165) is 5.56 Å². The van der Waals surface area contributed by atoms with Crippen LogP contribution >= 0.6 is 11.6 Å². The zero-order valence-electron chi connectivity index (χ0n) is 12.7. The third-order valence-corrected chi connectivity index (χ3v) is 4.15. The largest absolute Gasteiger partial charge is 0.322 e. The summed E-state index contributed by atoms with van der Waals surface area (Å²) in [6, 6.07) is 8.78. The summed E-state index contributed by atoms with van der Waals surface area (Å²) in [5.41, 5.74) is 7.23. The molecule has 0 unspecified atom stereocenters. The van der Waals surface area contributed by atoms with Gasteiger partial charge in [-0.25, -0.2) is 9.37 Å². The summed E-state index contributed by atoms with van der Waals surface area (Å²) in [4.78, 5) is 17.5. The van der Waals surface area contributed by atoms with Crippen LogP contribution in [0.15, 0.2) is 41.2 Å². The molecule has 0 amide bonds. The molecule has 0 spiro atoms. The molecule has 1 aromatic heterocycles. The standard InChI is InChI=1S/C17H15ClFN3O/c1-9-6-7-13-14(15(9)18)17(23)22(16(21-13)10(2)20)12-5-3-4-11(19)8-12/h3-8,10H,20H2,1-2H3/t10-/m0/s1. The fourth-order valence-electron chi connectivity index (χ4n) is 2.53. The van der Waals surface area contributed by atoms with Crippen molar-refractivity contribution >= 4 is 22.5 Å². The lowest BCUT2D eigenvalue weighted by Crippen LogP contribution is -2.27. The first kappa shape index (κ1) is 15.6. The molecule has 0 saturated carbocycles. The van der Waals surface area contributed by atoms with Gasteiger partial charge in [0, 0.05) is 0 Å². The third kappa shape index (κ3) is 2.62. The minimum absolute atomic E-state index is 0.306. The maximum absolute atomic E-state index is 13.6. The van der Waals surface area contributed by atoms with Crippen LogP contribution in [0.25, 0.3) is 16.6 Å². The average Bonchev–Trinajstić information content (AvgIpc) is 2.50. The summed E-state index contributed by atoms with van der Waals surface area (Å²) in [6.45, 7) is 3.53. The van der Waals surface area contributed by atoms with Crippen molar-refractivity contribution < 1.29 is 4.39 Å². The highest BCUT2D eigenvalue weighted by Gasteiger charge is 2.18. The van der Waals surface area contributed by atoms with E-state index < -0.39 is 11.9 Å². The molecule has 4 nitrogen and oxygen atoms in total. The van der Waals surface area contributed by atoms with E-state index in [0.29, 0.717) is 27.4 Å². The normalized spacial score (nSPS) is 12.6. The Morgan fingerprint density at radius 3 is 2.70 bits per heavy atom. The predicted molar refractivity (Wildman–Crippen MR) is 89.6 cm³/mol. The Morgan fingerprint density at radius 1 is 1.30 bits per heavy atom. The Balaban J connectivity index is 2.48. The lowest BCUT2D eigenvalue weighted by Gasteiger charge is -2.16. The van der Waals surface area contributed by atoms with Crippen molar-refractivity contribution in [3.8, 4) is 5.69 Å². The highest BCUT2D eigenvalue weighted by atomic mass is 35.5. The molecule has 0 aliphatic heterocycles. The molecule has 3 aromatic rings. The summed E-state index contributed by atoms with van der Waals surface area (Å²) in [5, 5.41) is 0.654. The van der Waals surface area contributed by atoms with Gasteiger partial charge in [-0.2, -0.15) is 0 Å². The van der Waals surface area contributed by atoms with Crippen molar-refractivity contribution in [1.29, 1.82) is 0 Å². The highest BCUT2D eigenvalue weighted by Crippen LogP contribution is 2.25. The Kier molecular flexibility index (Phi) is 3.92. The van der Waals surface area contributed by atoms with E-state index in [9.17, 15) is 9.18 Å². The Bertz CT molecular complexity index is 966. The first-order chi connectivity index (χ1) is 10.9. The number of aromatic nitrogens is 2. The second-order valence-electron chi connectivity index (χ2n) is 5.47. The van der Waals surface area contributed by atoms with Gasteiger partial charge < -0.3 is 5.73 Å². The van der Waals surface area contributed by atoms with Gasteiger partial charge in [0.25, 0.3) is 5.56 Å². The molecule has 3 rings (SSSR count). The second-order valence-corrected chi connectivity index (χ2v) is 5.85. The maximum Gasteiger partial charge on any atom is 0.267 e. The van der Waals surface area contributed by atoms with Gasteiger partial charge in [0.1, 0.15) is 11.6 Å². The summed E-state index contributed by atoms with van der Waals surface area (Å²) < 4.78 is 14.9. The number of rotatable bonds is 2. The van der Waals surface area contributed by atoms with Crippen molar-refractivity contribution in [2.24, 2.45) is 5.73 Å². The Morgan fingerprint density at radius 2 is 2.04 bits per heavy atom. The van der Waals surface area contributed by atoms with Crippen LogP contribution in [0.3, 0.4) is 0 Å². The fourth-order valence-corrected chi connectivity index (χ4v) is 2.77. The average molecular weight is 332 g/mol. The zero-order chi connectivity index (χ0) is 16.7. The molecule has 0 radical (unpaired) electrons. The summed E-state index contributed by atoms with van der Waals surface area (Å²) in [5.74, 6) is -0.0894. The Hall–Kier alpha value is -2.24. The molecule has 0 saturated heterocycles. The summed E-state index contributed by atoms with van der Waals surface area (Å²) >= 11 is 6.30. The van der Waals surface area contributed by atoms with Gasteiger partial charge in [0.2, 0.25) is 0 Å². The van der Waals surface area contributed by atoms with E-state index in [-0.39, 0.29) is 5.56 Å². The molecule has 2 N–H and O–H groups in total. The lowest BCUT2D eigenvalue weighted by atomic mass is 10.1. The van der Waals surface area contributed by atoms with E-state index in [1.54, 1.807) is 25.1 Å². The van der Waals surface area contributed by atoms with E-state index in [2.05, 4.69) is 4.98 Å². The number of fused-ring (bicyclic) bond motifs is 1. The van der Waals surface area contributed by atoms with Crippen molar-refractivity contribution in [3.05, 3.63) is 69.0 Å². The second kappa shape index (κ2) is 5.76. The van der Waals surface area contributed by atoms with Gasteiger partial charge in [-0.15, -0.1) is 0 Å². The minimum Gasteiger partial charge on any atom is -0.322 e. The van der Waals surface area contributed by atoms with Crippen molar-refractivity contribution in [3.63, 3.8) is 0 Å². The van der Waals surface area contributed by atoms with Crippen LogP contribution < -0.4 is 11.3 Å². The first-order valence-corrected chi connectivity index (χ1v) is 7.51. The fraction of sp³-hybridized carbons (Fsp3) is 0.176. The molecule has 1 heterocycles. The monoisotopic (exact) mass is 331 g/mol. The molecule has 0 bridgehead atoms. The van der Waals surface area contributed by atoms with E-state index in [1.807, 2.05) is 6.92 Å². The van der Waals surface area contributed by atoms with Crippen molar-refractivity contribution in [1.82, 2.24) is 9.55 Å². The van der Waals surface area contributed by atoms with Gasteiger partial charge in [0.05, 0.1) is 27.7 Å². The lowest BCUT2D eigenvalue weighted by molar-refractivity contribution is 0.624. The highest BCUT2D eigenvalue weighted by molar-refractivity contribution is 6.36. The summed E-state index contributed by atoms with van der Waals surface area (Å²) in [7, 11) is 0. The van der Waals surface area contributed by atoms with Crippen molar-refractivity contribution in [2.45, 2.75) is 19.9 Å². The molecule has 0 fully saturated rings. The van der Waals surface area contributed by atoms with Crippen LogP contribution in [-0.2, 0) is 0 Å². The molecular weight excluding hydrogens is 317 g/mol. The van der Waals surface area contributed by atoms with E-state index in [1.165, 1.54) is 22.8 Å². The number of halogens is 2. The minimum atomic E-state index is -0.504. The van der Waals surface area contributed by atoms with Gasteiger partial charge in [-0.1, -0.05) is 23.7 Å². The molecule has 6 heteroatoms. The number of hydrogen-bond donors (Lipinski definition) is 1. The molecule has 23 heavy (non-hydrogen) atoms. The number of nitrogens with two attached hydrogens (primary N) is 1. The zero-order valence-corrected chi connectivity index (χ0v) is 13.4. The maximum atomic E-state index is 13.6. The molecule has 0 aliphatic carbocycles. The number of hydrogen-bond acceptors (Lipinski definition) is 3. The smallest absolute Gasteiger partial charge is 0.267 e. The van der Waals surface area contributed by atoms with Crippen LogP contribution in [0.1, 0.15) is 24.4 Å². The van der Waals surface area contributed by atoms with Gasteiger partial charge in [-0.05, 0) is 43.7 Å². The van der Waals surface area contributed by atoms with E-state index >= 15 is 0 Å². The number of nitrogens with zero attached hydrogens (tertiary/aromatic N) is 2. The van der Waals surface area contributed by atoms with Gasteiger partial charge in [0.15, 0.2) is 0 Å². The Labute approximate surface area is 137 Å². The third-order valence-electron chi connectivity index (χ3n) is 3.67. The predicted octanol–water partition coefficient (Wildman–Crippen LogP) is 3.51. The van der Waals surface area contributed by atoms with Crippen LogP contribution in [0, 0.1) is 12.7 Å². The van der Waals surface area contributed by atoms with Gasteiger partial charge in [-0.3, -0.25) is 9.36 Å². The molecule has 0 aliphatic rings. The summed E-state index contributed by atoms with van der Waals surface area (Å²) in [6.07, 6.45) is 0. The molecule has 118 valence electrons.